The van der Waals surface area contributed by atoms with Crippen LogP contribution in [0.3, 0.4) is 0 Å². The molecule has 2 atom stereocenters. The molecule has 2 aromatic rings. The summed E-state index contributed by atoms with van der Waals surface area (Å²) in [5.74, 6) is 0.953. The number of nitrogens with zero attached hydrogens (tertiary/aromatic N) is 1. The van der Waals surface area contributed by atoms with Crippen LogP contribution in [0.25, 0.3) is 0 Å². The zero-order valence-corrected chi connectivity index (χ0v) is 20.1. The van der Waals surface area contributed by atoms with Gasteiger partial charge in [0.1, 0.15) is 6.61 Å². The second-order valence-corrected chi connectivity index (χ2v) is 11.5. The fraction of sp³-hybridized carbons (Fsp3) is 0.560. The topological polar surface area (TPSA) is 77.8 Å². The molecule has 0 radical (unpaired) electrons. The van der Waals surface area contributed by atoms with Gasteiger partial charge in [-0.05, 0) is 45.1 Å². The molecule has 1 aromatic heterocycles. The van der Waals surface area contributed by atoms with Crippen LogP contribution in [0, 0.1) is 5.92 Å². The molecule has 0 bridgehead atoms. The third-order valence-corrected chi connectivity index (χ3v) is 7.96. The second kappa shape index (κ2) is 11.3. The number of hydrogen-bond donors (Lipinski definition) is 1. The van der Waals surface area contributed by atoms with E-state index >= 15 is 0 Å². The number of ether oxygens (including phenoxy) is 2. The molecular weight excluding hydrogens is 426 g/mol. The molecule has 1 aliphatic heterocycles. The van der Waals surface area contributed by atoms with E-state index in [0.29, 0.717) is 32.1 Å². The first-order valence-corrected chi connectivity index (χ1v) is 12.6. The molecule has 3 rings (SSSR count). The van der Waals surface area contributed by atoms with Crippen molar-refractivity contribution in [2.45, 2.75) is 57.4 Å². The van der Waals surface area contributed by atoms with Crippen molar-refractivity contribution >= 4 is 10.8 Å². The number of aliphatic hydroxyl groups excluding tert-OH is 1. The smallest absolute Gasteiger partial charge is 0.223 e. The maximum Gasteiger partial charge on any atom is 0.223 e. The highest BCUT2D eigenvalue weighted by Crippen LogP contribution is 2.34. The SMILES string of the molecule is CC(C)(C)S(=O)CC(c1cc(=O)c(OCc2ccccc2)cn1CCO)C1CCOCC1. The third-order valence-electron chi connectivity index (χ3n) is 5.93. The summed E-state index contributed by atoms with van der Waals surface area (Å²) in [6, 6.07) is 11.3. The lowest BCUT2D eigenvalue weighted by molar-refractivity contribution is 0.0590. The highest BCUT2D eigenvalue weighted by atomic mass is 32.2. The van der Waals surface area contributed by atoms with Crippen LogP contribution in [0.5, 0.6) is 5.75 Å². The molecular formula is C25H35NO5S. The second-order valence-electron chi connectivity index (χ2n) is 9.30. The molecule has 1 N–H and O–H groups in total. The van der Waals surface area contributed by atoms with Crippen molar-refractivity contribution in [1.29, 1.82) is 0 Å². The van der Waals surface area contributed by atoms with E-state index in [9.17, 15) is 14.1 Å². The van der Waals surface area contributed by atoms with E-state index < -0.39 is 10.8 Å². The lowest BCUT2D eigenvalue weighted by Crippen LogP contribution is -2.34. The van der Waals surface area contributed by atoms with Gasteiger partial charge < -0.3 is 19.1 Å². The largest absolute Gasteiger partial charge is 0.483 e. The van der Waals surface area contributed by atoms with E-state index in [0.717, 1.165) is 24.1 Å². The van der Waals surface area contributed by atoms with Gasteiger partial charge in [-0.25, -0.2) is 0 Å². The number of benzene rings is 1. The summed E-state index contributed by atoms with van der Waals surface area (Å²) in [4.78, 5) is 13.0. The van der Waals surface area contributed by atoms with Crippen molar-refractivity contribution in [2.75, 3.05) is 25.6 Å². The molecule has 1 aromatic carbocycles. The number of aliphatic hydroxyl groups is 1. The molecule has 176 valence electrons. The minimum absolute atomic E-state index is 0.0543. The van der Waals surface area contributed by atoms with Crippen LogP contribution in [0.1, 0.15) is 50.8 Å². The highest BCUT2D eigenvalue weighted by Gasteiger charge is 2.32. The lowest BCUT2D eigenvalue weighted by atomic mass is 9.84. The number of hydrogen-bond acceptors (Lipinski definition) is 5. The molecule has 7 heteroatoms. The van der Waals surface area contributed by atoms with Gasteiger partial charge in [0, 0.05) is 58.7 Å². The Kier molecular flexibility index (Phi) is 8.68. The Hall–Kier alpha value is -1.96. The average Bonchev–Trinajstić information content (AvgIpc) is 2.78. The monoisotopic (exact) mass is 461 g/mol. The predicted molar refractivity (Wildman–Crippen MR) is 128 cm³/mol. The summed E-state index contributed by atoms with van der Waals surface area (Å²) in [5.41, 5.74) is 1.61. The van der Waals surface area contributed by atoms with Crippen LogP contribution < -0.4 is 10.2 Å². The molecule has 1 saturated heterocycles. The first-order valence-electron chi connectivity index (χ1n) is 11.3. The van der Waals surface area contributed by atoms with Crippen LogP contribution >= 0.6 is 0 Å². The predicted octanol–water partition coefficient (Wildman–Crippen LogP) is 3.48. The van der Waals surface area contributed by atoms with Gasteiger partial charge >= 0.3 is 0 Å². The van der Waals surface area contributed by atoms with Gasteiger partial charge in [0.05, 0.1) is 12.8 Å². The van der Waals surface area contributed by atoms with Gasteiger partial charge in [-0.2, -0.15) is 0 Å². The summed E-state index contributed by atoms with van der Waals surface area (Å²) in [6.07, 6.45) is 3.43. The van der Waals surface area contributed by atoms with E-state index in [-0.39, 0.29) is 34.4 Å². The van der Waals surface area contributed by atoms with Gasteiger partial charge in [-0.15, -0.1) is 0 Å². The Balaban J connectivity index is 1.94. The van der Waals surface area contributed by atoms with Gasteiger partial charge in [-0.3, -0.25) is 9.00 Å². The molecule has 6 nitrogen and oxygen atoms in total. The standard InChI is InChI=1S/C25H35NO5S/c1-25(2,3)32(29)18-21(20-9-13-30-14-10-20)22-15-23(28)24(16-26(22)11-12-27)31-17-19-7-5-4-6-8-19/h4-8,15-16,20-21,27H,9-14,17-18H2,1-3H3. The summed E-state index contributed by atoms with van der Waals surface area (Å²) in [5, 5.41) is 9.70. The van der Waals surface area contributed by atoms with E-state index in [1.165, 1.54) is 0 Å². The fourth-order valence-electron chi connectivity index (χ4n) is 4.03. The van der Waals surface area contributed by atoms with Crippen molar-refractivity contribution in [3.63, 3.8) is 0 Å². The fourth-order valence-corrected chi connectivity index (χ4v) is 5.30. The Bertz CT molecular complexity index is 945. The zero-order valence-electron chi connectivity index (χ0n) is 19.3. The molecule has 1 fully saturated rings. The van der Waals surface area contributed by atoms with Gasteiger partial charge in [-0.1, -0.05) is 30.3 Å². The molecule has 2 heterocycles. The average molecular weight is 462 g/mol. The zero-order chi connectivity index (χ0) is 23.1. The molecule has 32 heavy (non-hydrogen) atoms. The first-order chi connectivity index (χ1) is 15.3. The van der Waals surface area contributed by atoms with E-state index in [2.05, 4.69) is 0 Å². The van der Waals surface area contributed by atoms with Crippen molar-refractivity contribution in [3.05, 3.63) is 64.1 Å². The van der Waals surface area contributed by atoms with Crippen molar-refractivity contribution in [1.82, 2.24) is 4.57 Å². The van der Waals surface area contributed by atoms with Gasteiger partial charge in [0.15, 0.2) is 5.75 Å². The minimum atomic E-state index is -1.07. The molecule has 0 spiro atoms. The lowest BCUT2D eigenvalue weighted by Gasteiger charge is -2.33. The van der Waals surface area contributed by atoms with E-state index in [4.69, 9.17) is 9.47 Å². The maximum absolute atomic E-state index is 13.1. The van der Waals surface area contributed by atoms with Crippen molar-refractivity contribution in [3.8, 4) is 5.75 Å². The summed E-state index contributed by atoms with van der Waals surface area (Å²) in [7, 11) is -1.07. The molecule has 0 aliphatic carbocycles. The van der Waals surface area contributed by atoms with E-state index in [1.807, 2.05) is 55.7 Å². The number of pyridine rings is 1. The third kappa shape index (κ3) is 6.53. The van der Waals surface area contributed by atoms with Gasteiger partial charge in [0.25, 0.3) is 0 Å². The van der Waals surface area contributed by atoms with Crippen LogP contribution in [-0.4, -0.2) is 44.2 Å². The van der Waals surface area contributed by atoms with Crippen LogP contribution in [0.2, 0.25) is 0 Å². The van der Waals surface area contributed by atoms with Crippen LogP contribution in [0.15, 0.2) is 47.4 Å². The van der Waals surface area contributed by atoms with Crippen molar-refractivity contribution < 1.29 is 18.8 Å². The maximum atomic E-state index is 13.1. The quantitative estimate of drug-likeness (QED) is 0.619. The molecule has 0 saturated carbocycles. The van der Waals surface area contributed by atoms with Crippen molar-refractivity contribution in [2.24, 2.45) is 5.92 Å². The van der Waals surface area contributed by atoms with E-state index in [1.54, 1.807) is 12.3 Å². The molecule has 1 aliphatic rings. The molecule has 0 amide bonds. The summed E-state index contributed by atoms with van der Waals surface area (Å²) >= 11 is 0. The Morgan fingerprint density at radius 3 is 2.53 bits per heavy atom. The Labute approximate surface area is 193 Å². The number of aromatic nitrogens is 1. The Morgan fingerprint density at radius 2 is 1.91 bits per heavy atom. The minimum Gasteiger partial charge on any atom is -0.483 e. The normalized spacial score (nSPS) is 17.1. The number of rotatable bonds is 9. The summed E-state index contributed by atoms with van der Waals surface area (Å²) in [6.45, 7) is 7.86. The highest BCUT2D eigenvalue weighted by molar-refractivity contribution is 7.86. The van der Waals surface area contributed by atoms with Crippen LogP contribution in [0.4, 0.5) is 0 Å². The van der Waals surface area contributed by atoms with Crippen LogP contribution in [-0.2, 0) is 28.7 Å². The van der Waals surface area contributed by atoms with Gasteiger partial charge in [0.2, 0.25) is 5.43 Å². The summed E-state index contributed by atoms with van der Waals surface area (Å²) < 4.78 is 26.0. The Morgan fingerprint density at radius 1 is 1.22 bits per heavy atom. The first kappa shape index (κ1) is 24.7. The molecule has 2 unspecified atom stereocenters.